The fourth-order valence-corrected chi connectivity index (χ4v) is 2.69. The van der Waals surface area contributed by atoms with Crippen molar-refractivity contribution < 1.29 is 14.5 Å². The van der Waals surface area contributed by atoms with Crippen LogP contribution in [0.25, 0.3) is 0 Å². The molecule has 0 aliphatic carbocycles. The van der Waals surface area contributed by atoms with Gasteiger partial charge < -0.3 is 10.1 Å². The van der Waals surface area contributed by atoms with Crippen molar-refractivity contribution in [3.05, 3.63) is 34.4 Å². The van der Waals surface area contributed by atoms with Gasteiger partial charge in [-0.1, -0.05) is 6.92 Å². The molecule has 0 fully saturated rings. The van der Waals surface area contributed by atoms with Gasteiger partial charge in [-0.15, -0.1) is 11.8 Å². The summed E-state index contributed by atoms with van der Waals surface area (Å²) < 4.78 is 4.80. The van der Waals surface area contributed by atoms with E-state index >= 15 is 0 Å². The molecule has 0 heterocycles. The van der Waals surface area contributed by atoms with Gasteiger partial charge in [0.05, 0.1) is 12.0 Å². The first-order chi connectivity index (χ1) is 9.42. The summed E-state index contributed by atoms with van der Waals surface area (Å²) >= 11 is 1.45. The Labute approximate surface area is 122 Å². The zero-order valence-electron chi connectivity index (χ0n) is 11.7. The number of carbonyl (C=O) groups is 1. The second-order valence-corrected chi connectivity index (χ2v) is 5.44. The first-order valence-electron chi connectivity index (χ1n) is 6.13. The fraction of sp³-hybridized carbons (Fsp3) is 0.462. The third-order valence-electron chi connectivity index (χ3n) is 2.78. The average Bonchev–Trinajstić information content (AvgIpc) is 2.45. The normalized spacial score (nSPS) is 13.6. The van der Waals surface area contributed by atoms with E-state index in [1.807, 2.05) is 6.92 Å². The number of rotatable bonds is 7. The van der Waals surface area contributed by atoms with Crippen molar-refractivity contribution in [2.45, 2.75) is 24.3 Å². The second-order valence-electron chi connectivity index (χ2n) is 4.39. The highest BCUT2D eigenvalue weighted by molar-refractivity contribution is 7.99. The number of ether oxygens (including phenoxy) is 1. The van der Waals surface area contributed by atoms with Gasteiger partial charge in [-0.25, -0.2) is 0 Å². The number of nitro groups is 1. The Hall–Kier alpha value is -1.60. The highest BCUT2D eigenvalue weighted by atomic mass is 32.2. The molecule has 0 saturated carbocycles. The Morgan fingerprint density at radius 1 is 1.45 bits per heavy atom. The predicted molar refractivity (Wildman–Crippen MR) is 77.9 cm³/mol. The van der Waals surface area contributed by atoms with E-state index in [9.17, 15) is 14.9 Å². The van der Waals surface area contributed by atoms with Gasteiger partial charge in [0, 0.05) is 22.8 Å². The van der Waals surface area contributed by atoms with Gasteiger partial charge in [0.15, 0.2) is 0 Å². The number of methoxy groups -OCH3 is 1. The molecule has 0 spiro atoms. The van der Waals surface area contributed by atoms with Crippen LogP contribution in [0.2, 0.25) is 0 Å². The molecule has 1 rings (SSSR count). The molecule has 1 atom stereocenters. The summed E-state index contributed by atoms with van der Waals surface area (Å²) in [5, 5.41) is 13.7. The number of non-ortho nitro benzene ring substituents is 1. The van der Waals surface area contributed by atoms with Crippen molar-refractivity contribution in [1.29, 1.82) is 0 Å². The van der Waals surface area contributed by atoms with E-state index in [1.165, 1.54) is 31.0 Å². The second kappa shape index (κ2) is 7.25. The molecule has 0 aliphatic rings. The van der Waals surface area contributed by atoms with Crippen LogP contribution in [0, 0.1) is 10.1 Å². The standard InChI is InChI=1S/C13H18N2O4S/c1-4-14-13(2,12(16)19-3)9-20-11-7-5-10(6-8-11)15(17)18/h5-8,14H,4,9H2,1-3H3. The quantitative estimate of drug-likeness (QED) is 0.360. The molecule has 7 heteroatoms. The topological polar surface area (TPSA) is 81.5 Å². The number of nitrogens with one attached hydrogen (secondary N) is 1. The number of likely N-dealkylation sites (N-methyl/N-ethyl adjacent to an activating group) is 1. The van der Waals surface area contributed by atoms with Crippen molar-refractivity contribution >= 4 is 23.4 Å². The minimum absolute atomic E-state index is 0.0526. The summed E-state index contributed by atoms with van der Waals surface area (Å²) in [6.45, 7) is 4.34. The maximum atomic E-state index is 11.8. The Morgan fingerprint density at radius 2 is 2.05 bits per heavy atom. The van der Waals surface area contributed by atoms with Gasteiger partial charge in [-0.3, -0.25) is 14.9 Å². The lowest BCUT2D eigenvalue weighted by Crippen LogP contribution is -2.52. The number of carbonyl (C=O) groups excluding carboxylic acids is 1. The Bertz CT molecular complexity index is 478. The number of nitro benzene ring substituents is 1. The molecule has 0 amide bonds. The van der Waals surface area contributed by atoms with Gasteiger partial charge in [0.1, 0.15) is 5.54 Å². The Morgan fingerprint density at radius 3 is 2.50 bits per heavy atom. The molecule has 20 heavy (non-hydrogen) atoms. The van der Waals surface area contributed by atoms with Crippen LogP contribution >= 0.6 is 11.8 Å². The van der Waals surface area contributed by atoms with E-state index in [0.29, 0.717) is 12.3 Å². The van der Waals surface area contributed by atoms with E-state index < -0.39 is 10.5 Å². The van der Waals surface area contributed by atoms with E-state index in [2.05, 4.69) is 5.32 Å². The number of thioether (sulfide) groups is 1. The zero-order chi connectivity index (χ0) is 15.2. The number of hydrogen-bond donors (Lipinski definition) is 1. The molecule has 1 aromatic rings. The van der Waals surface area contributed by atoms with E-state index in [1.54, 1.807) is 19.1 Å². The average molecular weight is 298 g/mol. The predicted octanol–water partition coefficient (Wildman–Crippen LogP) is 2.23. The van der Waals surface area contributed by atoms with Crippen molar-refractivity contribution in [2.75, 3.05) is 19.4 Å². The van der Waals surface area contributed by atoms with E-state index in [0.717, 1.165) is 4.90 Å². The van der Waals surface area contributed by atoms with Crippen molar-refractivity contribution in [2.24, 2.45) is 0 Å². The summed E-state index contributed by atoms with van der Waals surface area (Å²) in [5.41, 5.74) is -0.729. The third kappa shape index (κ3) is 4.21. The molecule has 110 valence electrons. The maximum Gasteiger partial charge on any atom is 0.326 e. The molecular weight excluding hydrogens is 280 g/mol. The van der Waals surface area contributed by atoms with Crippen LogP contribution in [-0.2, 0) is 9.53 Å². The van der Waals surface area contributed by atoms with Crippen LogP contribution in [-0.4, -0.2) is 35.8 Å². The Balaban J connectivity index is 2.72. The van der Waals surface area contributed by atoms with E-state index in [4.69, 9.17) is 4.74 Å². The van der Waals surface area contributed by atoms with Crippen LogP contribution < -0.4 is 5.32 Å². The Kier molecular flexibility index (Phi) is 5.97. The highest BCUT2D eigenvalue weighted by Crippen LogP contribution is 2.25. The van der Waals surface area contributed by atoms with Gasteiger partial charge in [0.2, 0.25) is 0 Å². The van der Waals surface area contributed by atoms with Gasteiger partial charge in [-0.05, 0) is 25.6 Å². The molecule has 1 unspecified atom stereocenters. The van der Waals surface area contributed by atoms with Crippen LogP contribution in [0.15, 0.2) is 29.2 Å². The highest BCUT2D eigenvalue weighted by Gasteiger charge is 2.33. The fourth-order valence-electron chi connectivity index (χ4n) is 1.69. The van der Waals surface area contributed by atoms with Gasteiger partial charge in [0.25, 0.3) is 5.69 Å². The van der Waals surface area contributed by atoms with Crippen LogP contribution in [0.5, 0.6) is 0 Å². The van der Waals surface area contributed by atoms with Crippen molar-refractivity contribution in [3.8, 4) is 0 Å². The molecule has 0 radical (unpaired) electrons. The van der Waals surface area contributed by atoms with E-state index in [-0.39, 0.29) is 11.7 Å². The lowest BCUT2D eigenvalue weighted by molar-refractivity contribution is -0.384. The van der Waals surface area contributed by atoms with Crippen LogP contribution in [0.4, 0.5) is 5.69 Å². The van der Waals surface area contributed by atoms with Crippen molar-refractivity contribution in [3.63, 3.8) is 0 Å². The molecule has 6 nitrogen and oxygen atoms in total. The minimum atomic E-state index is -0.782. The number of esters is 1. The molecular formula is C13H18N2O4S. The summed E-state index contributed by atoms with van der Waals surface area (Å²) in [6.07, 6.45) is 0. The number of nitrogens with zero attached hydrogens (tertiary/aromatic N) is 1. The molecule has 1 aromatic carbocycles. The summed E-state index contributed by atoms with van der Waals surface area (Å²) in [4.78, 5) is 22.8. The monoisotopic (exact) mass is 298 g/mol. The lowest BCUT2D eigenvalue weighted by atomic mass is 10.1. The van der Waals surface area contributed by atoms with Crippen LogP contribution in [0.1, 0.15) is 13.8 Å². The number of benzene rings is 1. The summed E-state index contributed by atoms with van der Waals surface area (Å²) in [6, 6.07) is 6.25. The molecule has 0 aliphatic heterocycles. The first kappa shape index (κ1) is 16.5. The summed E-state index contributed by atoms with van der Waals surface area (Å²) in [5.74, 6) is 0.152. The largest absolute Gasteiger partial charge is 0.468 e. The first-order valence-corrected chi connectivity index (χ1v) is 7.12. The third-order valence-corrected chi connectivity index (χ3v) is 4.11. The van der Waals surface area contributed by atoms with Gasteiger partial charge in [-0.2, -0.15) is 0 Å². The molecule has 1 N–H and O–H groups in total. The lowest BCUT2D eigenvalue weighted by Gasteiger charge is -2.27. The molecule has 0 saturated heterocycles. The summed E-state index contributed by atoms with van der Waals surface area (Å²) in [7, 11) is 1.36. The number of hydrogen-bond acceptors (Lipinski definition) is 6. The molecule has 0 aromatic heterocycles. The van der Waals surface area contributed by atoms with Crippen LogP contribution in [0.3, 0.4) is 0 Å². The SMILES string of the molecule is CCNC(C)(CSc1ccc([N+](=O)[O-])cc1)C(=O)OC. The minimum Gasteiger partial charge on any atom is -0.468 e. The van der Waals surface area contributed by atoms with Gasteiger partial charge >= 0.3 is 5.97 Å². The maximum absolute atomic E-state index is 11.8. The van der Waals surface area contributed by atoms with Crippen molar-refractivity contribution in [1.82, 2.24) is 5.32 Å². The zero-order valence-corrected chi connectivity index (χ0v) is 12.5. The molecule has 0 bridgehead atoms. The smallest absolute Gasteiger partial charge is 0.326 e.